The third-order valence-corrected chi connectivity index (χ3v) is 3.50. The first-order valence-electron chi connectivity index (χ1n) is 7.53. The fourth-order valence-corrected chi connectivity index (χ4v) is 2.39. The van der Waals surface area contributed by atoms with Gasteiger partial charge < -0.3 is 19.9 Å². The molecule has 112 valence electrons. The zero-order valence-electron chi connectivity index (χ0n) is 12.0. The Bertz CT molecular complexity index is 352. The summed E-state index contributed by atoms with van der Waals surface area (Å²) >= 11 is 0. The van der Waals surface area contributed by atoms with Crippen molar-refractivity contribution < 1.29 is 14.6 Å². The highest BCUT2D eigenvalue weighted by molar-refractivity contribution is 5.20. The van der Waals surface area contributed by atoms with Crippen LogP contribution in [0.15, 0.2) is 30.3 Å². The van der Waals surface area contributed by atoms with Crippen molar-refractivity contribution in [1.82, 2.24) is 5.32 Å². The van der Waals surface area contributed by atoms with Crippen LogP contribution in [0.3, 0.4) is 0 Å². The van der Waals surface area contributed by atoms with Gasteiger partial charge in [0.15, 0.2) is 0 Å². The molecule has 0 aromatic heterocycles. The van der Waals surface area contributed by atoms with Crippen LogP contribution in [0.1, 0.15) is 25.7 Å². The Morgan fingerprint density at radius 2 is 1.95 bits per heavy atom. The molecule has 20 heavy (non-hydrogen) atoms. The van der Waals surface area contributed by atoms with Crippen molar-refractivity contribution in [3.63, 3.8) is 0 Å². The predicted molar refractivity (Wildman–Crippen MR) is 79.0 cm³/mol. The van der Waals surface area contributed by atoms with E-state index in [0.717, 1.165) is 25.1 Å². The van der Waals surface area contributed by atoms with Gasteiger partial charge in [0, 0.05) is 13.1 Å². The Morgan fingerprint density at radius 3 is 2.70 bits per heavy atom. The van der Waals surface area contributed by atoms with Gasteiger partial charge in [-0.3, -0.25) is 0 Å². The summed E-state index contributed by atoms with van der Waals surface area (Å²) in [6.07, 6.45) is 4.74. The number of rotatable bonds is 9. The summed E-state index contributed by atoms with van der Waals surface area (Å²) in [5.41, 5.74) is 0. The van der Waals surface area contributed by atoms with E-state index in [1.165, 1.54) is 12.8 Å². The third kappa shape index (κ3) is 5.90. The van der Waals surface area contributed by atoms with E-state index in [-0.39, 0.29) is 0 Å². The average Bonchev–Trinajstić information content (AvgIpc) is 2.99. The van der Waals surface area contributed by atoms with Crippen LogP contribution in [0.25, 0.3) is 0 Å². The molecule has 1 fully saturated rings. The number of nitrogens with one attached hydrogen (secondary N) is 1. The van der Waals surface area contributed by atoms with Gasteiger partial charge >= 0.3 is 0 Å². The zero-order valence-corrected chi connectivity index (χ0v) is 12.0. The minimum Gasteiger partial charge on any atom is -0.492 e. The summed E-state index contributed by atoms with van der Waals surface area (Å²) in [6, 6.07) is 9.74. The van der Waals surface area contributed by atoms with E-state index in [2.05, 4.69) is 5.32 Å². The molecule has 4 heteroatoms. The second-order valence-corrected chi connectivity index (χ2v) is 5.26. The van der Waals surface area contributed by atoms with Gasteiger partial charge in [0.25, 0.3) is 0 Å². The van der Waals surface area contributed by atoms with Crippen LogP contribution < -0.4 is 10.1 Å². The standard InChI is InChI=1S/C16H25NO3/c18-14(13-20-16-8-4-5-9-16)12-17-10-11-19-15-6-2-1-3-7-15/h1-3,6-7,14,16-18H,4-5,8-13H2. The molecule has 2 N–H and O–H groups in total. The summed E-state index contributed by atoms with van der Waals surface area (Å²) in [5, 5.41) is 13.0. The van der Waals surface area contributed by atoms with Crippen LogP contribution in [0, 0.1) is 0 Å². The minimum atomic E-state index is -0.438. The van der Waals surface area contributed by atoms with Gasteiger partial charge in [-0.15, -0.1) is 0 Å². The maximum Gasteiger partial charge on any atom is 0.119 e. The maximum absolute atomic E-state index is 9.80. The number of ether oxygens (including phenoxy) is 2. The van der Waals surface area contributed by atoms with Crippen LogP contribution in [-0.4, -0.2) is 43.6 Å². The van der Waals surface area contributed by atoms with Crippen molar-refractivity contribution in [2.45, 2.75) is 37.9 Å². The summed E-state index contributed by atoms with van der Waals surface area (Å²) in [4.78, 5) is 0. The molecule has 0 heterocycles. The Morgan fingerprint density at radius 1 is 1.20 bits per heavy atom. The van der Waals surface area contributed by atoms with E-state index in [1.807, 2.05) is 30.3 Å². The third-order valence-electron chi connectivity index (χ3n) is 3.50. The fraction of sp³-hybridized carbons (Fsp3) is 0.625. The molecule has 1 aromatic rings. The molecule has 0 spiro atoms. The lowest BCUT2D eigenvalue weighted by Gasteiger charge is -2.16. The van der Waals surface area contributed by atoms with Crippen LogP contribution >= 0.6 is 0 Å². The molecule has 1 atom stereocenters. The van der Waals surface area contributed by atoms with Crippen LogP contribution in [0.2, 0.25) is 0 Å². The largest absolute Gasteiger partial charge is 0.492 e. The molecule has 1 aliphatic carbocycles. The van der Waals surface area contributed by atoms with Crippen molar-refractivity contribution in [2.24, 2.45) is 0 Å². The topological polar surface area (TPSA) is 50.7 Å². The molecule has 0 amide bonds. The van der Waals surface area contributed by atoms with Crippen molar-refractivity contribution in [2.75, 3.05) is 26.3 Å². The van der Waals surface area contributed by atoms with Gasteiger partial charge in [-0.25, -0.2) is 0 Å². The van der Waals surface area contributed by atoms with E-state index < -0.39 is 6.10 Å². The average molecular weight is 279 g/mol. The monoisotopic (exact) mass is 279 g/mol. The summed E-state index contributed by atoms with van der Waals surface area (Å²) in [5.74, 6) is 0.874. The second kappa shape index (κ2) is 8.95. The number of aliphatic hydroxyl groups is 1. The van der Waals surface area contributed by atoms with Crippen molar-refractivity contribution in [1.29, 1.82) is 0 Å². The summed E-state index contributed by atoms with van der Waals surface area (Å²) < 4.78 is 11.2. The lowest BCUT2D eigenvalue weighted by molar-refractivity contribution is -0.00552. The molecular weight excluding hydrogens is 254 g/mol. The number of aliphatic hydroxyl groups excluding tert-OH is 1. The Labute approximate surface area is 121 Å². The molecule has 4 nitrogen and oxygen atoms in total. The number of para-hydroxylation sites is 1. The van der Waals surface area contributed by atoms with Crippen LogP contribution in [-0.2, 0) is 4.74 Å². The lowest BCUT2D eigenvalue weighted by atomic mass is 10.3. The minimum absolute atomic E-state index is 0.367. The second-order valence-electron chi connectivity index (χ2n) is 5.26. The van der Waals surface area contributed by atoms with Gasteiger partial charge in [0.2, 0.25) is 0 Å². The normalized spacial score (nSPS) is 17.2. The molecule has 0 saturated heterocycles. The number of hydrogen-bond donors (Lipinski definition) is 2. The molecule has 0 radical (unpaired) electrons. The molecular formula is C16H25NO3. The number of hydrogen-bond acceptors (Lipinski definition) is 4. The van der Waals surface area contributed by atoms with E-state index in [4.69, 9.17) is 9.47 Å². The molecule has 1 aliphatic rings. The molecule has 0 bridgehead atoms. The highest BCUT2D eigenvalue weighted by Crippen LogP contribution is 2.20. The summed E-state index contributed by atoms with van der Waals surface area (Å²) in [7, 11) is 0. The van der Waals surface area contributed by atoms with Crippen LogP contribution in [0.5, 0.6) is 5.75 Å². The van der Waals surface area contributed by atoms with Crippen molar-refractivity contribution >= 4 is 0 Å². The lowest BCUT2D eigenvalue weighted by Crippen LogP contribution is -2.33. The molecule has 1 saturated carbocycles. The SMILES string of the molecule is OC(CNCCOc1ccccc1)COC1CCCC1. The summed E-state index contributed by atoms with van der Waals surface area (Å²) in [6.45, 7) is 2.29. The van der Waals surface area contributed by atoms with Gasteiger partial charge in [-0.1, -0.05) is 31.0 Å². The zero-order chi connectivity index (χ0) is 14.0. The van der Waals surface area contributed by atoms with Gasteiger partial charge in [0.1, 0.15) is 12.4 Å². The van der Waals surface area contributed by atoms with Crippen molar-refractivity contribution in [3.8, 4) is 5.75 Å². The van der Waals surface area contributed by atoms with Crippen molar-refractivity contribution in [3.05, 3.63) is 30.3 Å². The fourth-order valence-electron chi connectivity index (χ4n) is 2.39. The molecule has 2 rings (SSSR count). The van der Waals surface area contributed by atoms with Gasteiger partial charge in [-0.2, -0.15) is 0 Å². The van der Waals surface area contributed by atoms with E-state index in [1.54, 1.807) is 0 Å². The smallest absolute Gasteiger partial charge is 0.119 e. The van der Waals surface area contributed by atoms with Crippen LogP contribution in [0.4, 0.5) is 0 Å². The highest BCUT2D eigenvalue weighted by Gasteiger charge is 2.16. The Balaban J connectivity index is 1.46. The maximum atomic E-state index is 9.80. The quantitative estimate of drug-likeness (QED) is 0.679. The molecule has 1 unspecified atom stereocenters. The van der Waals surface area contributed by atoms with Gasteiger partial charge in [0.05, 0.1) is 18.8 Å². The molecule has 0 aliphatic heterocycles. The highest BCUT2D eigenvalue weighted by atomic mass is 16.5. The Kier molecular flexibility index (Phi) is 6.84. The predicted octanol–water partition coefficient (Wildman–Crippen LogP) is 1.98. The van der Waals surface area contributed by atoms with Gasteiger partial charge in [-0.05, 0) is 25.0 Å². The number of benzene rings is 1. The first-order chi connectivity index (χ1) is 9.84. The van der Waals surface area contributed by atoms with E-state index >= 15 is 0 Å². The van der Waals surface area contributed by atoms with E-state index in [9.17, 15) is 5.11 Å². The Hall–Kier alpha value is -1.10. The molecule has 1 aromatic carbocycles. The first-order valence-corrected chi connectivity index (χ1v) is 7.53. The first kappa shape index (κ1) is 15.3. The van der Waals surface area contributed by atoms with E-state index in [0.29, 0.717) is 25.9 Å².